The summed E-state index contributed by atoms with van der Waals surface area (Å²) in [5, 5.41) is 13.1. The van der Waals surface area contributed by atoms with E-state index in [9.17, 15) is 9.90 Å². The van der Waals surface area contributed by atoms with Crippen molar-refractivity contribution >= 4 is 17.5 Å². The number of nitrogens with one attached hydrogen (secondary N) is 1. The van der Waals surface area contributed by atoms with Gasteiger partial charge in [-0.2, -0.15) is 0 Å². The van der Waals surface area contributed by atoms with Crippen LogP contribution >= 0.6 is 11.6 Å². The Morgan fingerprint density at radius 1 is 1.29 bits per heavy atom. The van der Waals surface area contributed by atoms with Crippen LogP contribution in [-0.4, -0.2) is 47.6 Å². The van der Waals surface area contributed by atoms with E-state index in [1.54, 1.807) is 24.5 Å². The molecule has 28 heavy (non-hydrogen) atoms. The first-order valence-electron chi connectivity index (χ1n) is 9.74. The molecule has 2 aromatic rings. The summed E-state index contributed by atoms with van der Waals surface area (Å²) in [5.74, 6) is 1.06. The summed E-state index contributed by atoms with van der Waals surface area (Å²) in [6.07, 6.45) is 7.24. The molecule has 2 unspecified atom stereocenters. The molecule has 2 N–H and O–H groups in total. The molecule has 0 radical (unpaired) electrons. The standard InChI is InChI=1S/C22H28ClN3O2/c1-26(2)18(11-15-3-6-21(27)20(23)12-15)14-25-22(28)13-19(16-4-5-16)17-7-9-24-10-8-17/h3,6-10,12,16,18-19,27H,4-5,11,13-14H2,1-2H3,(H,25,28). The van der Waals surface area contributed by atoms with E-state index >= 15 is 0 Å². The topological polar surface area (TPSA) is 65.5 Å². The Kier molecular flexibility index (Phi) is 6.92. The molecule has 1 fully saturated rings. The number of phenolic OH excluding ortho intramolecular Hbond substituents is 1. The van der Waals surface area contributed by atoms with Crippen LogP contribution in [0.2, 0.25) is 5.02 Å². The van der Waals surface area contributed by atoms with Gasteiger partial charge in [-0.25, -0.2) is 0 Å². The Morgan fingerprint density at radius 3 is 2.61 bits per heavy atom. The summed E-state index contributed by atoms with van der Waals surface area (Å²) >= 11 is 6.02. The van der Waals surface area contributed by atoms with Crippen molar-refractivity contribution < 1.29 is 9.90 Å². The first-order valence-corrected chi connectivity index (χ1v) is 10.1. The van der Waals surface area contributed by atoms with E-state index in [0.717, 1.165) is 12.0 Å². The quantitative estimate of drug-likeness (QED) is 0.673. The van der Waals surface area contributed by atoms with Gasteiger partial charge in [-0.3, -0.25) is 9.78 Å². The minimum Gasteiger partial charge on any atom is -0.506 e. The number of likely N-dealkylation sites (N-methyl/N-ethyl adjacent to an activating group) is 1. The molecular weight excluding hydrogens is 374 g/mol. The van der Waals surface area contributed by atoms with Crippen molar-refractivity contribution in [1.29, 1.82) is 0 Å². The molecule has 1 aliphatic carbocycles. The second-order valence-corrected chi connectivity index (χ2v) is 8.25. The van der Waals surface area contributed by atoms with Crippen LogP contribution in [0.15, 0.2) is 42.7 Å². The van der Waals surface area contributed by atoms with Crippen molar-refractivity contribution in [2.24, 2.45) is 5.92 Å². The molecule has 2 atom stereocenters. The van der Waals surface area contributed by atoms with E-state index in [0.29, 0.717) is 23.9 Å². The third-order valence-electron chi connectivity index (χ3n) is 5.48. The number of carbonyl (C=O) groups is 1. The second kappa shape index (κ2) is 9.39. The number of aromatic hydroxyl groups is 1. The summed E-state index contributed by atoms with van der Waals surface area (Å²) in [6.45, 7) is 0.568. The van der Waals surface area contributed by atoms with Crippen molar-refractivity contribution in [3.8, 4) is 5.75 Å². The number of hydrogen-bond donors (Lipinski definition) is 2. The highest BCUT2D eigenvalue weighted by molar-refractivity contribution is 6.32. The van der Waals surface area contributed by atoms with Crippen molar-refractivity contribution in [3.05, 3.63) is 58.9 Å². The Balaban J connectivity index is 1.56. The lowest BCUT2D eigenvalue weighted by Crippen LogP contribution is -2.42. The SMILES string of the molecule is CN(C)C(CNC(=O)CC(c1ccncc1)C1CC1)Cc1ccc(O)c(Cl)c1. The molecule has 1 heterocycles. The largest absolute Gasteiger partial charge is 0.506 e. The van der Waals surface area contributed by atoms with E-state index in [2.05, 4.69) is 15.2 Å². The van der Waals surface area contributed by atoms with Gasteiger partial charge in [0.1, 0.15) is 5.75 Å². The maximum absolute atomic E-state index is 12.6. The van der Waals surface area contributed by atoms with Gasteiger partial charge in [0.25, 0.3) is 0 Å². The van der Waals surface area contributed by atoms with Crippen LogP contribution in [0.25, 0.3) is 0 Å². The fourth-order valence-electron chi connectivity index (χ4n) is 3.56. The van der Waals surface area contributed by atoms with E-state index < -0.39 is 0 Å². The Bertz CT molecular complexity index is 794. The Hall–Kier alpha value is -2.11. The van der Waals surface area contributed by atoms with E-state index in [1.807, 2.05) is 32.3 Å². The predicted molar refractivity (Wildman–Crippen MR) is 112 cm³/mol. The molecule has 150 valence electrons. The lowest BCUT2D eigenvalue weighted by molar-refractivity contribution is -0.121. The fourth-order valence-corrected chi connectivity index (χ4v) is 3.76. The molecule has 0 spiro atoms. The van der Waals surface area contributed by atoms with Gasteiger partial charge in [-0.1, -0.05) is 17.7 Å². The second-order valence-electron chi connectivity index (χ2n) is 7.84. The first-order chi connectivity index (χ1) is 13.4. The number of halogens is 1. The average Bonchev–Trinajstić information content (AvgIpc) is 3.51. The van der Waals surface area contributed by atoms with Crippen LogP contribution in [0.4, 0.5) is 0 Å². The zero-order chi connectivity index (χ0) is 20.1. The molecule has 1 saturated carbocycles. The van der Waals surface area contributed by atoms with Crippen LogP contribution in [0, 0.1) is 5.92 Å². The molecule has 1 aromatic carbocycles. The van der Waals surface area contributed by atoms with Gasteiger partial charge in [0.2, 0.25) is 5.91 Å². The van der Waals surface area contributed by atoms with Gasteiger partial charge >= 0.3 is 0 Å². The van der Waals surface area contributed by atoms with Crippen LogP contribution < -0.4 is 5.32 Å². The highest BCUT2D eigenvalue weighted by atomic mass is 35.5. The molecular formula is C22H28ClN3O2. The van der Waals surface area contributed by atoms with Crippen molar-refractivity contribution in [1.82, 2.24) is 15.2 Å². The fraction of sp³-hybridized carbons (Fsp3) is 0.455. The average molecular weight is 402 g/mol. The van der Waals surface area contributed by atoms with Crippen molar-refractivity contribution in [2.45, 2.75) is 37.6 Å². The third-order valence-corrected chi connectivity index (χ3v) is 5.78. The first kappa shape index (κ1) is 20.6. The van der Waals surface area contributed by atoms with Crippen molar-refractivity contribution in [3.63, 3.8) is 0 Å². The summed E-state index contributed by atoms with van der Waals surface area (Å²) < 4.78 is 0. The van der Waals surface area contributed by atoms with Gasteiger partial charge in [0.05, 0.1) is 5.02 Å². The molecule has 5 nitrogen and oxygen atoms in total. The molecule has 6 heteroatoms. The normalized spacial score (nSPS) is 16.0. The maximum Gasteiger partial charge on any atom is 0.220 e. The highest BCUT2D eigenvalue weighted by Gasteiger charge is 2.33. The Morgan fingerprint density at radius 2 is 2.00 bits per heavy atom. The summed E-state index contributed by atoms with van der Waals surface area (Å²) in [6, 6.07) is 9.44. The van der Waals surface area contributed by atoms with Gasteiger partial charge in [-0.15, -0.1) is 0 Å². The number of aromatic nitrogens is 1. The third kappa shape index (κ3) is 5.69. The molecule has 1 amide bonds. The zero-order valence-corrected chi connectivity index (χ0v) is 17.2. The number of phenols is 1. The van der Waals surface area contributed by atoms with Gasteiger partial charge in [-0.05, 0) is 80.6 Å². The van der Waals surface area contributed by atoms with Gasteiger partial charge < -0.3 is 15.3 Å². The molecule has 3 rings (SSSR count). The Labute approximate surface area is 171 Å². The number of amides is 1. The van der Waals surface area contributed by atoms with Crippen LogP contribution in [0.1, 0.15) is 36.3 Å². The van der Waals surface area contributed by atoms with E-state index in [-0.39, 0.29) is 23.6 Å². The zero-order valence-electron chi connectivity index (χ0n) is 16.4. The lowest BCUT2D eigenvalue weighted by Gasteiger charge is -2.25. The van der Waals surface area contributed by atoms with Crippen LogP contribution in [0.5, 0.6) is 5.75 Å². The number of rotatable bonds is 9. The number of nitrogens with zero attached hydrogens (tertiary/aromatic N) is 2. The maximum atomic E-state index is 12.6. The van der Waals surface area contributed by atoms with Crippen LogP contribution in [-0.2, 0) is 11.2 Å². The number of carbonyl (C=O) groups excluding carboxylic acids is 1. The van der Waals surface area contributed by atoms with Crippen molar-refractivity contribution in [2.75, 3.05) is 20.6 Å². The van der Waals surface area contributed by atoms with E-state index in [1.165, 1.54) is 18.4 Å². The molecule has 0 bridgehead atoms. The minimum atomic E-state index is 0.0855. The number of hydrogen-bond acceptors (Lipinski definition) is 4. The number of pyridine rings is 1. The summed E-state index contributed by atoms with van der Waals surface area (Å²) in [5.41, 5.74) is 2.24. The monoisotopic (exact) mass is 401 g/mol. The van der Waals surface area contributed by atoms with E-state index in [4.69, 9.17) is 11.6 Å². The highest BCUT2D eigenvalue weighted by Crippen LogP contribution is 2.44. The molecule has 1 aliphatic rings. The molecule has 0 aliphatic heterocycles. The minimum absolute atomic E-state index is 0.0855. The predicted octanol–water partition coefficient (Wildman–Crippen LogP) is 3.61. The lowest BCUT2D eigenvalue weighted by atomic mass is 9.91. The van der Waals surface area contributed by atoms with Gasteiger partial charge in [0.15, 0.2) is 0 Å². The molecule has 0 saturated heterocycles. The molecule has 1 aromatic heterocycles. The summed E-state index contributed by atoms with van der Waals surface area (Å²) in [4.78, 5) is 18.8. The van der Waals surface area contributed by atoms with Gasteiger partial charge in [0, 0.05) is 31.4 Å². The smallest absolute Gasteiger partial charge is 0.220 e. The summed E-state index contributed by atoms with van der Waals surface area (Å²) in [7, 11) is 4.01. The number of benzene rings is 1. The van der Waals surface area contributed by atoms with Crippen LogP contribution in [0.3, 0.4) is 0 Å².